The zero-order chi connectivity index (χ0) is 13.0. The minimum absolute atomic E-state index is 0.180. The maximum atomic E-state index is 10.7. The lowest BCUT2D eigenvalue weighted by molar-refractivity contribution is 0.0696. The van der Waals surface area contributed by atoms with Gasteiger partial charge in [-0.15, -0.1) is 0 Å². The molecule has 6 heteroatoms. The summed E-state index contributed by atoms with van der Waals surface area (Å²) in [4.78, 5) is 18.8. The number of nitrogens with one attached hydrogen (secondary N) is 1. The van der Waals surface area contributed by atoms with Crippen LogP contribution in [0.15, 0.2) is 30.9 Å². The summed E-state index contributed by atoms with van der Waals surface area (Å²) in [5.41, 5.74) is 1.24. The Bertz CT molecular complexity index is 533. The van der Waals surface area contributed by atoms with Crippen LogP contribution < -0.4 is 5.32 Å². The number of carbonyl (C=O) groups is 1. The van der Waals surface area contributed by atoms with E-state index in [0.717, 1.165) is 12.2 Å². The molecule has 2 aromatic rings. The Hall–Kier alpha value is -2.37. The number of nitrogens with zero attached hydrogens (tertiary/aromatic N) is 3. The van der Waals surface area contributed by atoms with E-state index in [0.29, 0.717) is 12.4 Å². The second-order valence-corrected chi connectivity index (χ2v) is 3.76. The molecule has 18 heavy (non-hydrogen) atoms. The second kappa shape index (κ2) is 5.31. The molecule has 2 aromatic heterocycles. The number of carboxylic acid groups (broad SMARTS) is 1. The van der Waals surface area contributed by atoms with Crippen LogP contribution in [0.3, 0.4) is 0 Å². The summed E-state index contributed by atoms with van der Waals surface area (Å²) in [6, 6.07) is 3.17. The van der Waals surface area contributed by atoms with Gasteiger partial charge in [0.15, 0.2) is 0 Å². The van der Waals surface area contributed by atoms with Crippen molar-refractivity contribution in [3.05, 3.63) is 42.1 Å². The molecule has 0 radical (unpaired) electrons. The lowest BCUT2D eigenvalue weighted by atomic mass is 10.3. The molecule has 94 valence electrons. The molecule has 0 amide bonds. The number of carboxylic acids is 1. The van der Waals surface area contributed by atoms with Gasteiger partial charge in [-0.05, 0) is 19.1 Å². The molecule has 6 nitrogen and oxygen atoms in total. The molecule has 0 bridgehead atoms. The average molecular weight is 246 g/mol. The van der Waals surface area contributed by atoms with Gasteiger partial charge < -0.3 is 15.0 Å². The van der Waals surface area contributed by atoms with E-state index in [4.69, 9.17) is 5.11 Å². The van der Waals surface area contributed by atoms with Crippen LogP contribution in [-0.4, -0.2) is 25.6 Å². The van der Waals surface area contributed by atoms with E-state index in [1.54, 1.807) is 18.6 Å². The van der Waals surface area contributed by atoms with Crippen LogP contribution in [0.25, 0.3) is 0 Å². The summed E-state index contributed by atoms with van der Waals surface area (Å²) < 4.78 is 2.03. The first-order valence-electron chi connectivity index (χ1n) is 5.63. The zero-order valence-corrected chi connectivity index (χ0v) is 10.00. The Morgan fingerprint density at radius 2 is 2.28 bits per heavy atom. The lowest BCUT2D eigenvalue weighted by Gasteiger charge is -2.07. The summed E-state index contributed by atoms with van der Waals surface area (Å²) in [5, 5.41) is 11.9. The van der Waals surface area contributed by atoms with E-state index in [-0.39, 0.29) is 5.56 Å². The van der Waals surface area contributed by atoms with E-state index in [1.165, 1.54) is 12.3 Å². The molecule has 0 unspecified atom stereocenters. The molecule has 2 rings (SSSR count). The highest BCUT2D eigenvalue weighted by molar-refractivity contribution is 5.87. The topological polar surface area (TPSA) is 80.0 Å². The van der Waals surface area contributed by atoms with E-state index >= 15 is 0 Å². The maximum Gasteiger partial charge on any atom is 0.337 e. The molecule has 0 aliphatic heterocycles. The molecule has 0 aliphatic carbocycles. The summed E-state index contributed by atoms with van der Waals surface area (Å²) in [7, 11) is 0. The Morgan fingerprint density at radius 1 is 1.44 bits per heavy atom. The molecule has 0 saturated carbocycles. The van der Waals surface area contributed by atoms with Crippen molar-refractivity contribution in [3.8, 4) is 0 Å². The first-order chi connectivity index (χ1) is 8.70. The van der Waals surface area contributed by atoms with Crippen LogP contribution in [0.4, 0.5) is 5.82 Å². The predicted octanol–water partition coefficient (Wildman–Crippen LogP) is 1.61. The Kier molecular flexibility index (Phi) is 3.57. The van der Waals surface area contributed by atoms with Gasteiger partial charge in [-0.25, -0.2) is 14.8 Å². The molecular formula is C12H14N4O2. The first kappa shape index (κ1) is 12.1. The van der Waals surface area contributed by atoms with Crippen LogP contribution >= 0.6 is 0 Å². The minimum atomic E-state index is -0.974. The van der Waals surface area contributed by atoms with Gasteiger partial charge in [0, 0.05) is 18.9 Å². The van der Waals surface area contributed by atoms with Crippen LogP contribution in [-0.2, 0) is 13.1 Å². The molecule has 0 saturated heterocycles. The molecule has 0 fully saturated rings. The standard InChI is InChI=1S/C12H14N4O2/c1-2-16-8-13-6-10(16)7-15-11-4-3-9(5-14-11)12(17)18/h3-6,8H,2,7H2,1H3,(H,14,15)(H,17,18). The van der Waals surface area contributed by atoms with E-state index in [2.05, 4.69) is 15.3 Å². The van der Waals surface area contributed by atoms with Crippen molar-refractivity contribution in [3.63, 3.8) is 0 Å². The SMILES string of the molecule is CCn1cncc1CNc1ccc(C(=O)O)cn1. The first-order valence-corrected chi connectivity index (χ1v) is 5.63. The summed E-state index contributed by atoms with van der Waals surface area (Å²) in [6.45, 7) is 3.51. The third-order valence-corrected chi connectivity index (χ3v) is 2.60. The molecule has 0 atom stereocenters. The van der Waals surface area contributed by atoms with Gasteiger partial charge in [-0.1, -0.05) is 0 Å². The normalized spacial score (nSPS) is 10.3. The van der Waals surface area contributed by atoms with Gasteiger partial charge >= 0.3 is 5.97 Å². The van der Waals surface area contributed by atoms with Gasteiger partial charge in [-0.2, -0.15) is 0 Å². The van der Waals surface area contributed by atoms with E-state index in [1.807, 2.05) is 11.5 Å². The lowest BCUT2D eigenvalue weighted by Crippen LogP contribution is -2.07. The summed E-state index contributed by atoms with van der Waals surface area (Å²) in [5.74, 6) is -0.332. The molecular weight excluding hydrogens is 232 g/mol. The number of imidazole rings is 1. The van der Waals surface area contributed by atoms with Crippen molar-refractivity contribution >= 4 is 11.8 Å². The zero-order valence-electron chi connectivity index (χ0n) is 10.00. The van der Waals surface area contributed by atoms with Gasteiger partial charge in [0.1, 0.15) is 5.82 Å². The van der Waals surface area contributed by atoms with Gasteiger partial charge in [0.2, 0.25) is 0 Å². The van der Waals surface area contributed by atoms with Crippen molar-refractivity contribution < 1.29 is 9.90 Å². The van der Waals surface area contributed by atoms with Gasteiger partial charge in [0.05, 0.1) is 24.1 Å². The maximum absolute atomic E-state index is 10.7. The smallest absolute Gasteiger partial charge is 0.337 e. The minimum Gasteiger partial charge on any atom is -0.478 e. The number of hydrogen-bond acceptors (Lipinski definition) is 4. The van der Waals surface area contributed by atoms with E-state index < -0.39 is 5.97 Å². The van der Waals surface area contributed by atoms with Crippen molar-refractivity contribution in [2.24, 2.45) is 0 Å². The molecule has 2 heterocycles. The number of aromatic carboxylic acids is 1. The molecule has 0 aliphatic rings. The Labute approximate surface area is 104 Å². The average Bonchev–Trinajstić information content (AvgIpc) is 2.84. The summed E-state index contributed by atoms with van der Waals surface area (Å²) in [6.07, 6.45) is 4.90. The fraction of sp³-hybridized carbons (Fsp3) is 0.250. The molecule has 0 spiro atoms. The number of rotatable bonds is 5. The van der Waals surface area contributed by atoms with Crippen LogP contribution in [0.2, 0.25) is 0 Å². The largest absolute Gasteiger partial charge is 0.478 e. The number of hydrogen-bond donors (Lipinski definition) is 2. The predicted molar refractivity (Wildman–Crippen MR) is 66.4 cm³/mol. The van der Waals surface area contributed by atoms with Crippen molar-refractivity contribution in [1.82, 2.24) is 14.5 Å². The van der Waals surface area contributed by atoms with Crippen molar-refractivity contribution in [2.45, 2.75) is 20.0 Å². The third-order valence-electron chi connectivity index (χ3n) is 2.60. The Morgan fingerprint density at radius 3 is 2.89 bits per heavy atom. The van der Waals surface area contributed by atoms with Crippen molar-refractivity contribution in [1.29, 1.82) is 0 Å². The monoisotopic (exact) mass is 246 g/mol. The second-order valence-electron chi connectivity index (χ2n) is 3.76. The molecule has 0 aromatic carbocycles. The van der Waals surface area contributed by atoms with E-state index in [9.17, 15) is 4.79 Å². The summed E-state index contributed by atoms with van der Waals surface area (Å²) >= 11 is 0. The highest BCUT2D eigenvalue weighted by Gasteiger charge is 2.04. The van der Waals surface area contributed by atoms with Crippen LogP contribution in [0.1, 0.15) is 23.0 Å². The highest BCUT2D eigenvalue weighted by Crippen LogP contribution is 2.07. The van der Waals surface area contributed by atoms with Gasteiger partial charge in [0.25, 0.3) is 0 Å². The van der Waals surface area contributed by atoms with Crippen molar-refractivity contribution in [2.75, 3.05) is 5.32 Å². The van der Waals surface area contributed by atoms with Crippen LogP contribution in [0.5, 0.6) is 0 Å². The number of aryl methyl sites for hydroxylation is 1. The highest BCUT2D eigenvalue weighted by atomic mass is 16.4. The fourth-order valence-corrected chi connectivity index (χ4v) is 1.59. The number of aromatic nitrogens is 3. The number of pyridine rings is 1. The number of anilines is 1. The third kappa shape index (κ3) is 2.65. The van der Waals surface area contributed by atoms with Crippen LogP contribution in [0, 0.1) is 0 Å². The molecule has 2 N–H and O–H groups in total. The fourth-order valence-electron chi connectivity index (χ4n) is 1.59. The quantitative estimate of drug-likeness (QED) is 0.837. The Balaban J connectivity index is 2.00. The van der Waals surface area contributed by atoms with Gasteiger partial charge in [-0.3, -0.25) is 0 Å².